The average Bonchev–Trinajstić information content (AvgIpc) is 3.05. The van der Waals surface area contributed by atoms with Gasteiger partial charge in [-0.1, -0.05) is 48.9 Å². The van der Waals surface area contributed by atoms with Gasteiger partial charge in [-0.2, -0.15) is 0 Å². The molecule has 3 rings (SSSR count). The molecule has 0 bridgehead atoms. The summed E-state index contributed by atoms with van der Waals surface area (Å²) in [5.41, 5.74) is 7.27. The summed E-state index contributed by atoms with van der Waals surface area (Å²) in [6.07, 6.45) is 1.49. The number of hydrogen-bond acceptors (Lipinski definition) is 4. The number of carbonyl (C=O) groups is 1. The largest absolute Gasteiger partial charge is 0.369 e. The van der Waals surface area contributed by atoms with E-state index in [0.717, 1.165) is 36.3 Å². The zero-order valence-corrected chi connectivity index (χ0v) is 13.8. The van der Waals surface area contributed by atoms with Crippen LogP contribution < -0.4 is 10.6 Å². The first-order valence-corrected chi connectivity index (χ1v) is 8.14. The Morgan fingerprint density at radius 1 is 1.35 bits per heavy atom. The maximum absolute atomic E-state index is 11.4. The molecule has 0 saturated carbocycles. The van der Waals surface area contributed by atoms with Crippen molar-refractivity contribution in [3.05, 3.63) is 41.0 Å². The van der Waals surface area contributed by atoms with Gasteiger partial charge in [-0.15, -0.1) is 0 Å². The Labute approximate surface area is 140 Å². The molecule has 6 heteroatoms. The molecule has 0 radical (unpaired) electrons. The standard InChI is InChI=1S/C17H19ClN4O/c1-2-13-14(18)20-16(11-6-4-3-5-7-11)21-17(13)22-9-8-12(10-22)15(19)23/h3-7,12H,2,8-10H2,1H3,(H2,19,23). The predicted octanol–water partition coefficient (Wildman–Crippen LogP) is 2.67. The minimum atomic E-state index is -0.256. The molecule has 2 heterocycles. The molecule has 1 aliphatic heterocycles. The van der Waals surface area contributed by atoms with Crippen molar-refractivity contribution in [3.63, 3.8) is 0 Å². The van der Waals surface area contributed by atoms with Crippen LogP contribution in [0.1, 0.15) is 18.9 Å². The fraction of sp³-hybridized carbons (Fsp3) is 0.353. The fourth-order valence-corrected chi connectivity index (χ4v) is 3.21. The lowest BCUT2D eigenvalue weighted by molar-refractivity contribution is -0.121. The van der Waals surface area contributed by atoms with Crippen LogP contribution in [0.4, 0.5) is 5.82 Å². The second-order valence-electron chi connectivity index (χ2n) is 5.69. The lowest BCUT2D eigenvalue weighted by Crippen LogP contribution is -2.28. The summed E-state index contributed by atoms with van der Waals surface area (Å²) in [6, 6.07) is 9.75. The Balaban J connectivity index is 2.01. The first-order valence-electron chi connectivity index (χ1n) is 7.76. The van der Waals surface area contributed by atoms with E-state index in [0.29, 0.717) is 17.5 Å². The fourth-order valence-electron chi connectivity index (χ4n) is 2.91. The van der Waals surface area contributed by atoms with Gasteiger partial charge in [0.1, 0.15) is 11.0 Å². The zero-order chi connectivity index (χ0) is 16.4. The monoisotopic (exact) mass is 330 g/mol. The van der Waals surface area contributed by atoms with Gasteiger partial charge in [0.25, 0.3) is 0 Å². The normalized spacial score (nSPS) is 17.5. The molecule has 1 aliphatic rings. The molecule has 1 saturated heterocycles. The van der Waals surface area contributed by atoms with E-state index in [1.807, 2.05) is 37.3 Å². The van der Waals surface area contributed by atoms with Crippen LogP contribution in [0.2, 0.25) is 5.15 Å². The first kappa shape index (κ1) is 15.7. The molecule has 1 fully saturated rings. The van der Waals surface area contributed by atoms with Crippen molar-refractivity contribution < 1.29 is 4.79 Å². The summed E-state index contributed by atoms with van der Waals surface area (Å²) in [7, 11) is 0. The van der Waals surface area contributed by atoms with Crippen LogP contribution in [-0.2, 0) is 11.2 Å². The van der Waals surface area contributed by atoms with Crippen LogP contribution in [0.15, 0.2) is 30.3 Å². The van der Waals surface area contributed by atoms with E-state index in [9.17, 15) is 4.79 Å². The second-order valence-corrected chi connectivity index (χ2v) is 6.05. The number of aromatic nitrogens is 2. The zero-order valence-electron chi connectivity index (χ0n) is 13.0. The Kier molecular flexibility index (Phi) is 4.48. The molecular formula is C17H19ClN4O. The van der Waals surface area contributed by atoms with Gasteiger partial charge in [0, 0.05) is 24.2 Å². The molecule has 2 aromatic rings. The molecule has 1 amide bonds. The highest BCUT2D eigenvalue weighted by atomic mass is 35.5. The summed E-state index contributed by atoms with van der Waals surface area (Å²) < 4.78 is 0. The lowest BCUT2D eigenvalue weighted by atomic mass is 10.1. The summed E-state index contributed by atoms with van der Waals surface area (Å²) in [4.78, 5) is 22.7. The summed E-state index contributed by atoms with van der Waals surface area (Å²) in [6.45, 7) is 3.37. The Morgan fingerprint density at radius 3 is 2.70 bits per heavy atom. The van der Waals surface area contributed by atoms with Gasteiger partial charge in [-0.25, -0.2) is 9.97 Å². The van der Waals surface area contributed by atoms with Gasteiger partial charge < -0.3 is 10.6 Å². The van der Waals surface area contributed by atoms with E-state index in [1.54, 1.807) is 0 Å². The number of hydrogen-bond donors (Lipinski definition) is 1. The molecule has 5 nitrogen and oxygen atoms in total. The van der Waals surface area contributed by atoms with Gasteiger partial charge in [-0.3, -0.25) is 4.79 Å². The predicted molar refractivity (Wildman–Crippen MR) is 91.4 cm³/mol. The van der Waals surface area contributed by atoms with E-state index in [1.165, 1.54) is 0 Å². The molecule has 23 heavy (non-hydrogen) atoms. The van der Waals surface area contributed by atoms with Crippen LogP contribution in [0.3, 0.4) is 0 Å². The number of nitrogens with two attached hydrogens (primary N) is 1. The topological polar surface area (TPSA) is 72.1 Å². The van der Waals surface area contributed by atoms with E-state index in [-0.39, 0.29) is 11.8 Å². The summed E-state index contributed by atoms with van der Waals surface area (Å²) in [5, 5.41) is 0.471. The smallest absolute Gasteiger partial charge is 0.222 e. The van der Waals surface area contributed by atoms with Gasteiger partial charge in [0.05, 0.1) is 5.92 Å². The van der Waals surface area contributed by atoms with Crippen LogP contribution in [0, 0.1) is 5.92 Å². The second kappa shape index (κ2) is 6.54. The molecule has 0 aliphatic carbocycles. The highest BCUT2D eigenvalue weighted by molar-refractivity contribution is 6.30. The Hall–Kier alpha value is -2.14. The molecule has 2 N–H and O–H groups in total. The third-order valence-electron chi connectivity index (χ3n) is 4.21. The average molecular weight is 331 g/mol. The highest BCUT2D eigenvalue weighted by Crippen LogP contribution is 2.31. The van der Waals surface area contributed by atoms with E-state index in [2.05, 4.69) is 9.88 Å². The number of amides is 1. The van der Waals surface area contributed by atoms with Gasteiger partial charge in [0.2, 0.25) is 5.91 Å². The number of anilines is 1. The molecule has 0 spiro atoms. The van der Waals surface area contributed by atoms with E-state index < -0.39 is 0 Å². The van der Waals surface area contributed by atoms with Crippen molar-refractivity contribution in [2.24, 2.45) is 11.7 Å². The summed E-state index contributed by atoms with van der Waals surface area (Å²) >= 11 is 6.39. The molecule has 120 valence electrons. The van der Waals surface area contributed by atoms with Crippen molar-refractivity contribution >= 4 is 23.3 Å². The SMILES string of the molecule is CCc1c(Cl)nc(-c2ccccc2)nc1N1CCC(C(N)=O)C1. The number of rotatable bonds is 4. The maximum Gasteiger partial charge on any atom is 0.222 e. The Morgan fingerprint density at radius 2 is 2.09 bits per heavy atom. The Bertz CT molecular complexity index is 720. The minimum Gasteiger partial charge on any atom is -0.369 e. The number of carbonyl (C=O) groups excluding carboxylic acids is 1. The maximum atomic E-state index is 11.4. The van der Waals surface area contributed by atoms with E-state index in [4.69, 9.17) is 22.3 Å². The van der Waals surface area contributed by atoms with Crippen molar-refractivity contribution in [1.29, 1.82) is 0 Å². The third-order valence-corrected chi connectivity index (χ3v) is 4.52. The number of nitrogens with zero attached hydrogens (tertiary/aromatic N) is 3. The van der Waals surface area contributed by atoms with Crippen molar-refractivity contribution in [3.8, 4) is 11.4 Å². The first-order chi connectivity index (χ1) is 11.1. The lowest BCUT2D eigenvalue weighted by Gasteiger charge is -2.21. The van der Waals surface area contributed by atoms with E-state index >= 15 is 0 Å². The molecule has 1 aromatic carbocycles. The van der Waals surface area contributed by atoms with Crippen LogP contribution in [0.25, 0.3) is 11.4 Å². The van der Waals surface area contributed by atoms with Gasteiger partial charge in [0.15, 0.2) is 5.82 Å². The van der Waals surface area contributed by atoms with Gasteiger partial charge >= 0.3 is 0 Å². The van der Waals surface area contributed by atoms with Crippen LogP contribution in [0.5, 0.6) is 0 Å². The summed E-state index contributed by atoms with van der Waals surface area (Å²) in [5.74, 6) is 1.03. The van der Waals surface area contributed by atoms with Gasteiger partial charge in [-0.05, 0) is 12.8 Å². The number of benzene rings is 1. The molecule has 1 unspecified atom stereocenters. The van der Waals surface area contributed by atoms with Crippen LogP contribution in [-0.4, -0.2) is 29.0 Å². The molecular weight excluding hydrogens is 312 g/mol. The van der Waals surface area contributed by atoms with Crippen molar-refractivity contribution in [2.75, 3.05) is 18.0 Å². The van der Waals surface area contributed by atoms with Crippen molar-refractivity contribution in [1.82, 2.24) is 9.97 Å². The quantitative estimate of drug-likeness (QED) is 0.875. The molecule has 1 aromatic heterocycles. The number of primary amides is 1. The number of halogens is 1. The van der Waals surface area contributed by atoms with Crippen molar-refractivity contribution in [2.45, 2.75) is 19.8 Å². The third kappa shape index (κ3) is 3.15. The minimum absolute atomic E-state index is 0.131. The highest BCUT2D eigenvalue weighted by Gasteiger charge is 2.29. The molecule has 1 atom stereocenters. The van der Waals surface area contributed by atoms with Crippen LogP contribution >= 0.6 is 11.6 Å².